The first-order valence-electron chi connectivity index (χ1n) is 7.70. The minimum absolute atomic E-state index is 0.549. The summed E-state index contributed by atoms with van der Waals surface area (Å²) in [4.78, 5) is 14.2. The maximum Gasteiger partial charge on any atom is 0.137 e. The monoisotopic (exact) mass is 294 g/mol. The van der Waals surface area contributed by atoms with Gasteiger partial charge in [0.15, 0.2) is 0 Å². The average molecular weight is 295 g/mol. The lowest BCUT2D eigenvalue weighted by Crippen LogP contribution is -2.47. The van der Waals surface area contributed by atoms with Crippen molar-refractivity contribution in [3.8, 4) is 0 Å². The summed E-state index contributed by atoms with van der Waals surface area (Å²) in [5, 5.41) is 0.632. The van der Waals surface area contributed by atoms with Gasteiger partial charge < -0.3 is 4.90 Å². The zero-order valence-corrected chi connectivity index (χ0v) is 13.2. The molecule has 0 bridgehead atoms. The molecule has 1 aliphatic carbocycles. The summed E-state index contributed by atoms with van der Waals surface area (Å²) in [6.07, 6.45) is 3.65. The molecule has 2 aliphatic rings. The molecule has 110 valence electrons. The lowest BCUT2D eigenvalue weighted by atomic mass is 10.2. The number of nitrogens with zero attached hydrogens (tertiary/aromatic N) is 4. The first-order chi connectivity index (χ1) is 9.69. The molecule has 4 nitrogen and oxygen atoms in total. The molecule has 3 rings (SSSR count). The third kappa shape index (κ3) is 2.91. The van der Waals surface area contributed by atoms with E-state index in [-0.39, 0.29) is 0 Å². The second-order valence-electron chi connectivity index (χ2n) is 5.92. The quantitative estimate of drug-likeness (QED) is 0.799. The fourth-order valence-electron chi connectivity index (χ4n) is 2.83. The van der Waals surface area contributed by atoms with E-state index < -0.39 is 0 Å². The van der Waals surface area contributed by atoms with Crippen LogP contribution in [0, 0.1) is 6.92 Å². The Morgan fingerprint density at radius 1 is 1.15 bits per heavy atom. The topological polar surface area (TPSA) is 32.3 Å². The number of rotatable bonds is 4. The summed E-state index contributed by atoms with van der Waals surface area (Å²) in [6, 6.07) is 0. The van der Waals surface area contributed by atoms with Gasteiger partial charge in [-0.3, -0.25) is 4.90 Å². The normalized spacial score (nSPS) is 20.4. The van der Waals surface area contributed by atoms with E-state index in [1.807, 2.05) is 6.92 Å². The van der Waals surface area contributed by atoms with Gasteiger partial charge in [0.1, 0.15) is 16.8 Å². The first kappa shape index (κ1) is 14.1. The molecule has 0 atom stereocenters. The zero-order chi connectivity index (χ0) is 14.1. The van der Waals surface area contributed by atoms with Crippen LogP contribution in [0.4, 0.5) is 5.82 Å². The van der Waals surface area contributed by atoms with Gasteiger partial charge >= 0.3 is 0 Å². The highest BCUT2D eigenvalue weighted by Crippen LogP contribution is 2.40. The van der Waals surface area contributed by atoms with E-state index in [2.05, 4.69) is 21.7 Å². The van der Waals surface area contributed by atoms with E-state index in [4.69, 9.17) is 16.6 Å². The van der Waals surface area contributed by atoms with Gasteiger partial charge in [-0.15, -0.1) is 0 Å². The van der Waals surface area contributed by atoms with Crippen LogP contribution in [0.25, 0.3) is 0 Å². The number of halogens is 1. The maximum atomic E-state index is 6.30. The summed E-state index contributed by atoms with van der Waals surface area (Å²) >= 11 is 6.30. The molecule has 20 heavy (non-hydrogen) atoms. The summed E-state index contributed by atoms with van der Waals surface area (Å²) < 4.78 is 0. The van der Waals surface area contributed by atoms with Crippen molar-refractivity contribution in [3.63, 3.8) is 0 Å². The highest BCUT2D eigenvalue weighted by Gasteiger charge is 2.29. The van der Waals surface area contributed by atoms with E-state index in [1.165, 1.54) is 25.8 Å². The van der Waals surface area contributed by atoms with Crippen LogP contribution >= 0.6 is 11.6 Å². The van der Waals surface area contributed by atoms with Crippen LogP contribution in [0.1, 0.15) is 43.5 Å². The second-order valence-corrected chi connectivity index (χ2v) is 6.28. The molecule has 1 aliphatic heterocycles. The lowest BCUT2D eigenvalue weighted by Gasteiger charge is -2.36. The molecule has 1 saturated heterocycles. The third-order valence-electron chi connectivity index (χ3n) is 4.23. The molecule has 0 amide bonds. The van der Waals surface area contributed by atoms with Crippen molar-refractivity contribution in [3.05, 3.63) is 16.5 Å². The summed E-state index contributed by atoms with van der Waals surface area (Å²) in [7, 11) is 0. The van der Waals surface area contributed by atoms with E-state index in [0.29, 0.717) is 11.1 Å². The van der Waals surface area contributed by atoms with Gasteiger partial charge in [0.2, 0.25) is 0 Å². The van der Waals surface area contributed by atoms with Gasteiger partial charge in [0, 0.05) is 37.7 Å². The largest absolute Gasteiger partial charge is 0.354 e. The smallest absolute Gasteiger partial charge is 0.137 e. The van der Waals surface area contributed by atoms with Crippen LogP contribution in [-0.2, 0) is 0 Å². The van der Waals surface area contributed by atoms with Gasteiger partial charge in [-0.2, -0.15) is 0 Å². The van der Waals surface area contributed by atoms with Crippen LogP contribution in [0.15, 0.2) is 0 Å². The van der Waals surface area contributed by atoms with Crippen LogP contribution in [0.2, 0.25) is 5.15 Å². The molecule has 0 N–H and O–H groups in total. The highest BCUT2D eigenvalue weighted by molar-refractivity contribution is 6.30. The van der Waals surface area contributed by atoms with Gasteiger partial charge in [-0.05, 0) is 32.7 Å². The fourth-order valence-corrected chi connectivity index (χ4v) is 3.00. The lowest BCUT2D eigenvalue weighted by molar-refractivity contribution is 0.258. The highest BCUT2D eigenvalue weighted by atomic mass is 35.5. The van der Waals surface area contributed by atoms with Crippen molar-refractivity contribution in [2.45, 2.75) is 39.0 Å². The SMILES string of the molecule is CCCN1CCN(c2nc(C3CC3)nc(Cl)c2C)CC1. The van der Waals surface area contributed by atoms with Gasteiger partial charge in [0.05, 0.1) is 0 Å². The Morgan fingerprint density at radius 2 is 1.85 bits per heavy atom. The molecular formula is C15H23ClN4. The predicted molar refractivity (Wildman–Crippen MR) is 82.7 cm³/mol. The minimum atomic E-state index is 0.549. The number of anilines is 1. The van der Waals surface area contributed by atoms with E-state index in [0.717, 1.165) is 43.4 Å². The van der Waals surface area contributed by atoms with Crippen molar-refractivity contribution < 1.29 is 0 Å². The van der Waals surface area contributed by atoms with Crippen molar-refractivity contribution in [1.82, 2.24) is 14.9 Å². The Bertz CT molecular complexity index is 479. The zero-order valence-electron chi connectivity index (χ0n) is 12.4. The van der Waals surface area contributed by atoms with Crippen molar-refractivity contribution in [1.29, 1.82) is 0 Å². The number of hydrogen-bond donors (Lipinski definition) is 0. The molecule has 1 aromatic rings. The summed E-state index contributed by atoms with van der Waals surface area (Å²) in [6.45, 7) is 9.79. The van der Waals surface area contributed by atoms with Crippen LogP contribution in [-0.4, -0.2) is 47.6 Å². The Balaban J connectivity index is 1.76. The minimum Gasteiger partial charge on any atom is -0.354 e. The fraction of sp³-hybridized carbons (Fsp3) is 0.733. The molecule has 0 spiro atoms. The molecule has 0 aromatic carbocycles. The second kappa shape index (κ2) is 5.86. The van der Waals surface area contributed by atoms with Crippen LogP contribution in [0.3, 0.4) is 0 Å². The van der Waals surface area contributed by atoms with Crippen LogP contribution < -0.4 is 4.90 Å². The molecule has 1 aromatic heterocycles. The third-order valence-corrected chi connectivity index (χ3v) is 4.60. The number of hydrogen-bond acceptors (Lipinski definition) is 4. The van der Waals surface area contributed by atoms with Gasteiger partial charge in [-0.25, -0.2) is 9.97 Å². The molecule has 2 fully saturated rings. The summed E-state index contributed by atoms with van der Waals surface area (Å²) in [5.41, 5.74) is 1.03. The van der Waals surface area contributed by atoms with Crippen molar-refractivity contribution in [2.75, 3.05) is 37.6 Å². The number of aromatic nitrogens is 2. The maximum absolute atomic E-state index is 6.30. The summed E-state index contributed by atoms with van der Waals surface area (Å²) in [5.74, 6) is 2.56. The van der Waals surface area contributed by atoms with Gasteiger partial charge in [0.25, 0.3) is 0 Å². The van der Waals surface area contributed by atoms with Gasteiger partial charge in [-0.1, -0.05) is 18.5 Å². The van der Waals surface area contributed by atoms with E-state index in [9.17, 15) is 0 Å². The Hall–Kier alpha value is -0.870. The van der Waals surface area contributed by atoms with Crippen LogP contribution in [0.5, 0.6) is 0 Å². The standard InChI is InChI=1S/C15H23ClN4/c1-3-6-19-7-9-20(10-8-19)15-11(2)13(16)17-14(18-15)12-4-5-12/h12H,3-10H2,1-2H3. The Morgan fingerprint density at radius 3 is 2.45 bits per heavy atom. The molecule has 1 saturated carbocycles. The van der Waals surface area contributed by atoms with Crippen molar-refractivity contribution in [2.24, 2.45) is 0 Å². The molecule has 0 unspecified atom stereocenters. The molecule has 5 heteroatoms. The van der Waals surface area contributed by atoms with E-state index in [1.54, 1.807) is 0 Å². The Labute approximate surface area is 126 Å². The molecule has 0 radical (unpaired) electrons. The first-order valence-corrected chi connectivity index (χ1v) is 8.08. The molecular weight excluding hydrogens is 272 g/mol. The average Bonchev–Trinajstić information content (AvgIpc) is 3.28. The van der Waals surface area contributed by atoms with Crippen molar-refractivity contribution >= 4 is 17.4 Å². The molecule has 2 heterocycles. The predicted octanol–water partition coefficient (Wildman–Crippen LogP) is 2.85. The van der Waals surface area contributed by atoms with E-state index >= 15 is 0 Å². The Kier molecular flexibility index (Phi) is 4.13. The number of piperazine rings is 1.